The van der Waals surface area contributed by atoms with Crippen LogP contribution in [0, 0.1) is 0 Å². The van der Waals surface area contributed by atoms with E-state index in [0.29, 0.717) is 33.9 Å². The van der Waals surface area contributed by atoms with Crippen LogP contribution < -0.4 is 4.90 Å². The smallest absolute Gasteiger partial charge is 0.204 e. The lowest BCUT2D eigenvalue weighted by atomic mass is 9.93. The van der Waals surface area contributed by atoms with Crippen molar-refractivity contribution in [2.75, 3.05) is 19.0 Å². The molecule has 0 fully saturated rings. The number of hydrogen-bond acceptors (Lipinski definition) is 7. The molecule has 2 aromatic rings. The molecule has 7 heteroatoms. The number of allylic oxidation sites excluding steroid dienone is 1. The first-order valence-corrected chi connectivity index (χ1v) is 8.77. The summed E-state index contributed by atoms with van der Waals surface area (Å²) in [5, 5.41) is 11.2. The molecule has 1 aliphatic carbocycles. The predicted octanol–water partition coefficient (Wildman–Crippen LogP) is 2.83. The number of carbonyl (C=O) groups excluding carboxylic acids is 2. The zero-order valence-corrected chi connectivity index (χ0v) is 15.2. The number of Topliss-reactive ketones (excluding diaryl/α,β-unsaturated/α-hetero) is 2. The number of aliphatic hydroxyl groups is 1. The van der Waals surface area contributed by atoms with Crippen molar-refractivity contribution in [2.24, 2.45) is 0 Å². The van der Waals surface area contributed by atoms with E-state index in [1.165, 1.54) is 18.3 Å². The highest BCUT2D eigenvalue weighted by molar-refractivity contribution is 7.14. The van der Waals surface area contributed by atoms with Gasteiger partial charge in [0.05, 0.1) is 17.0 Å². The highest BCUT2D eigenvalue weighted by atomic mass is 32.1. The number of fused-ring (bicyclic) bond motifs is 1. The van der Waals surface area contributed by atoms with Gasteiger partial charge in [0.25, 0.3) is 0 Å². The summed E-state index contributed by atoms with van der Waals surface area (Å²) in [6.07, 6.45) is 2.81. The molecule has 0 aliphatic heterocycles. The van der Waals surface area contributed by atoms with Crippen LogP contribution in [0.25, 0.3) is 5.76 Å². The maximum atomic E-state index is 12.7. The number of aromatic nitrogens is 2. The molecule has 130 valence electrons. The molecule has 25 heavy (non-hydrogen) atoms. The zero-order chi connectivity index (χ0) is 18.1. The van der Waals surface area contributed by atoms with Crippen LogP contribution in [0.5, 0.6) is 0 Å². The third-order valence-corrected chi connectivity index (χ3v) is 5.10. The molecule has 0 bridgehead atoms. The fourth-order valence-corrected chi connectivity index (χ4v) is 3.87. The van der Waals surface area contributed by atoms with E-state index in [2.05, 4.69) is 9.97 Å². The molecule has 1 N–H and O–H groups in total. The van der Waals surface area contributed by atoms with Crippen LogP contribution in [0.4, 0.5) is 5.82 Å². The standard InChI is InChI=1S/C18H19N3O3S/c1-10(22)8-15-20-13-6-5-12(17(24)18(13)25-15)16(23)11-4-7-14(19-9-11)21(2)3/h4,7,9,23H,5-6,8H2,1-3H3/b16-12-. The van der Waals surface area contributed by atoms with Crippen molar-refractivity contribution in [3.8, 4) is 0 Å². The van der Waals surface area contributed by atoms with Gasteiger partial charge in [0, 0.05) is 31.4 Å². The van der Waals surface area contributed by atoms with Crippen LogP contribution >= 0.6 is 11.3 Å². The Morgan fingerprint density at radius 2 is 2.08 bits per heavy atom. The second-order valence-electron chi connectivity index (χ2n) is 6.22. The summed E-state index contributed by atoms with van der Waals surface area (Å²) in [4.78, 5) is 35.1. The van der Waals surface area contributed by atoms with Gasteiger partial charge in [-0.15, -0.1) is 11.3 Å². The Labute approximate surface area is 149 Å². The Bertz CT molecular complexity index is 866. The summed E-state index contributed by atoms with van der Waals surface area (Å²) in [6.45, 7) is 1.50. The number of carbonyl (C=O) groups is 2. The van der Waals surface area contributed by atoms with Gasteiger partial charge >= 0.3 is 0 Å². The molecule has 2 heterocycles. The van der Waals surface area contributed by atoms with Crippen LogP contribution in [0.15, 0.2) is 23.9 Å². The maximum Gasteiger partial charge on any atom is 0.204 e. The van der Waals surface area contributed by atoms with Gasteiger partial charge in [-0.3, -0.25) is 9.59 Å². The molecule has 3 rings (SSSR count). The van der Waals surface area contributed by atoms with Crippen LogP contribution in [0.1, 0.15) is 39.3 Å². The van der Waals surface area contributed by atoms with Gasteiger partial charge in [0.15, 0.2) is 0 Å². The summed E-state index contributed by atoms with van der Waals surface area (Å²) in [5.41, 5.74) is 1.62. The first-order valence-electron chi connectivity index (χ1n) is 7.95. The largest absolute Gasteiger partial charge is 0.507 e. The number of anilines is 1. The van der Waals surface area contributed by atoms with Crippen molar-refractivity contribution in [1.29, 1.82) is 0 Å². The molecule has 2 aromatic heterocycles. The molecule has 0 amide bonds. The van der Waals surface area contributed by atoms with Crippen molar-refractivity contribution in [3.05, 3.63) is 45.0 Å². The number of ketones is 2. The fraction of sp³-hybridized carbons (Fsp3) is 0.333. The summed E-state index contributed by atoms with van der Waals surface area (Å²) in [5.74, 6) is 0.553. The number of thiazole rings is 1. The summed E-state index contributed by atoms with van der Waals surface area (Å²) >= 11 is 1.25. The van der Waals surface area contributed by atoms with E-state index >= 15 is 0 Å². The molecule has 0 saturated heterocycles. The van der Waals surface area contributed by atoms with Crippen molar-refractivity contribution < 1.29 is 14.7 Å². The minimum Gasteiger partial charge on any atom is -0.507 e. The zero-order valence-electron chi connectivity index (χ0n) is 14.4. The van der Waals surface area contributed by atoms with Crippen LogP contribution in [-0.4, -0.2) is 40.7 Å². The number of pyridine rings is 1. The molecule has 0 atom stereocenters. The van der Waals surface area contributed by atoms with Crippen molar-refractivity contribution in [3.63, 3.8) is 0 Å². The topological polar surface area (TPSA) is 83.4 Å². The third kappa shape index (κ3) is 3.46. The number of aryl methyl sites for hydroxylation is 1. The third-order valence-electron chi connectivity index (χ3n) is 4.00. The van der Waals surface area contributed by atoms with Gasteiger partial charge in [-0.25, -0.2) is 9.97 Å². The van der Waals surface area contributed by atoms with E-state index in [-0.39, 0.29) is 23.7 Å². The van der Waals surface area contributed by atoms with Gasteiger partial charge < -0.3 is 10.0 Å². The molecular weight excluding hydrogens is 338 g/mol. The predicted molar refractivity (Wildman–Crippen MR) is 97.3 cm³/mol. The Kier molecular flexibility index (Phi) is 4.67. The Hall–Kier alpha value is -2.54. The number of aliphatic hydroxyl groups excluding tert-OH is 1. The number of hydrogen-bond donors (Lipinski definition) is 1. The Morgan fingerprint density at radius 1 is 1.32 bits per heavy atom. The van der Waals surface area contributed by atoms with E-state index in [9.17, 15) is 14.7 Å². The second kappa shape index (κ2) is 6.76. The van der Waals surface area contributed by atoms with Crippen molar-refractivity contribution >= 4 is 34.5 Å². The molecule has 0 unspecified atom stereocenters. The summed E-state index contributed by atoms with van der Waals surface area (Å²) in [7, 11) is 3.77. The van der Waals surface area contributed by atoms with Crippen LogP contribution in [0.3, 0.4) is 0 Å². The first-order chi connectivity index (χ1) is 11.9. The fourth-order valence-electron chi connectivity index (χ4n) is 2.72. The molecule has 0 radical (unpaired) electrons. The molecular formula is C18H19N3O3S. The van der Waals surface area contributed by atoms with Crippen molar-refractivity contribution in [2.45, 2.75) is 26.2 Å². The van der Waals surface area contributed by atoms with Gasteiger partial charge in [-0.05, 0) is 31.9 Å². The van der Waals surface area contributed by atoms with Crippen LogP contribution in [0.2, 0.25) is 0 Å². The average Bonchev–Trinajstić information content (AvgIpc) is 2.97. The highest BCUT2D eigenvalue weighted by Crippen LogP contribution is 2.33. The number of nitrogens with zero attached hydrogens (tertiary/aromatic N) is 3. The lowest BCUT2D eigenvalue weighted by molar-refractivity contribution is -0.116. The summed E-state index contributed by atoms with van der Waals surface area (Å²) < 4.78 is 0. The lowest BCUT2D eigenvalue weighted by Crippen LogP contribution is -2.14. The summed E-state index contributed by atoms with van der Waals surface area (Å²) in [6, 6.07) is 3.55. The van der Waals surface area contributed by atoms with E-state index < -0.39 is 0 Å². The van der Waals surface area contributed by atoms with Crippen LogP contribution in [-0.2, 0) is 17.6 Å². The monoisotopic (exact) mass is 357 g/mol. The number of rotatable bonds is 4. The minimum atomic E-state index is -0.206. The van der Waals surface area contributed by atoms with E-state index in [0.717, 1.165) is 11.5 Å². The molecule has 1 aliphatic rings. The van der Waals surface area contributed by atoms with E-state index in [1.54, 1.807) is 18.3 Å². The van der Waals surface area contributed by atoms with E-state index in [4.69, 9.17) is 0 Å². The molecule has 0 saturated carbocycles. The maximum absolute atomic E-state index is 12.7. The first kappa shape index (κ1) is 17.3. The minimum absolute atomic E-state index is 0.0178. The lowest BCUT2D eigenvalue weighted by Gasteiger charge is -2.15. The van der Waals surface area contributed by atoms with Crippen molar-refractivity contribution in [1.82, 2.24) is 9.97 Å². The van der Waals surface area contributed by atoms with Gasteiger partial charge in [-0.2, -0.15) is 0 Å². The normalized spacial score (nSPS) is 15.7. The van der Waals surface area contributed by atoms with Gasteiger partial charge in [0.2, 0.25) is 5.78 Å². The van der Waals surface area contributed by atoms with E-state index in [1.807, 2.05) is 19.0 Å². The Balaban J connectivity index is 1.92. The molecule has 6 nitrogen and oxygen atoms in total. The van der Waals surface area contributed by atoms with Gasteiger partial charge in [-0.1, -0.05) is 0 Å². The van der Waals surface area contributed by atoms with Gasteiger partial charge in [0.1, 0.15) is 22.4 Å². The molecule has 0 aromatic carbocycles. The quantitative estimate of drug-likeness (QED) is 0.669. The second-order valence-corrected chi connectivity index (χ2v) is 7.30. The Morgan fingerprint density at radius 3 is 2.68 bits per heavy atom. The highest BCUT2D eigenvalue weighted by Gasteiger charge is 2.29. The SMILES string of the molecule is CC(=O)Cc1nc2c(s1)C(=O)/C(=C(\O)c1ccc(N(C)C)nc1)CC2. The molecule has 0 spiro atoms. The average molecular weight is 357 g/mol.